The Hall–Kier alpha value is -0.0500. The number of halogens is 2. The minimum absolute atomic E-state index is 0.348. The van der Waals surface area contributed by atoms with Gasteiger partial charge in [-0.2, -0.15) is 0 Å². The van der Waals surface area contributed by atoms with Crippen LogP contribution in [-0.4, -0.2) is 25.5 Å². The Morgan fingerprint density at radius 2 is 2.15 bits per heavy atom. The zero-order chi connectivity index (χ0) is 9.84. The highest BCUT2D eigenvalue weighted by Gasteiger charge is 2.08. The molecule has 1 rings (SSSR count). The number of alkyl halides is 1. The van der Waals surface area contributed by atoms with E-state index in [1.54, 1.807) is 0 Å². The van der Waals surface area contributed by atoms with Crippen molar-refractivity contribution in [3.05, 3.63) is 34.9 Å². The van der Waals surface area contributed by atoms with Gasteiger partial charge in [-0.05, 0) is 31.8 Å². The molecule has 0 spiro atoms. The van der Waals surface area contributed by atoms with Gasteiger partial charge in [-0.3, -0.25) is 0 Å². The summed E-state index contributed by atoms with van der Waals surface area (Å²) < 4.78 is 0. The minimum Gasteiger partial charge on any atom is -0.308 e. The van der Waals surface area contributed by atoms with Gasteiger partial charge < -0.3 is 4.90 Å². The summed E-state index contributed by atoms with van der Waals surface area (Å²) in [6, 6.07) is 7.93. The topological polar surface area (TPSA) is 3.24 Å². The highest BCUT2D eigenvalue weighted by atomic mass is 79.9. The Morgan fingerprint density at radius 1 is 1.46 bits per heavy atom. The second kappa shape index (κ2) is 4.99. The molecule has 0 aromatic heterocycles. The van der Waals surface area contributed by atoms with E-state index < -0.39 is 0 Å². The van der Waals surface area contributed by atoms with Gasteiger partial charge in [0.1, 0.15) is 0 Å². The summed E-state index contributed by atoms with van der Waals surface area (Å²) in [4.78, 5) is 2.49. The van der Waals surface area contributed by atoms with E-state index in [0.717, 1.165) is 11.6 Å². The van der Waals surface area contributed by atoms with E-state index in [-0.39, 0.29) is 0 Å². The van der Waals surface area contributed by atoms with Crippen LogP contribution in [0.2, 0.25) is 5.02 Å². The standard InChI is InChI=1S/C10H13BrClN/c1-13(2)7-10(11)8-4-3-5-9(12)6-8/h3-6,10H,7H2,1-2H3. The van der Waals surface area contributed by atoms with Crippen LogP contribution in [0.3, 0.4) is 0 Å². The average molecular weight is 263 g/mol. The molecular formula is C10H13BrClN. The predicted octanol–water partition coefficient (Wildman–Crippen LogP) is 3.34. The van der Waals surface area contributed by atoms with Gasteiger partial charge >= 0.3 is 0 Å². The average Bonchev–Trinajstić information content (AvgIpc) is 2.03. The van der Waals surface area contributed by atoms with Gasteiger partial charge in [0.15, 0.2) is 0 Å². The SMILES string of the molecule is CN(C)CC(Br)c1cccc(Cl)c1. The van der Waals surface area contributed by atoms with Crippen LogP contribution in [0.5, 0.6) is 0 Å². The highest BCUT2D eigenvalue weighted by Crippen LogP contribution is 2.25. The smallest absolute Gasteiger partial charge is 0.0522 e. The maximum absolute atomic E-state index is 5.89. The zero-order valence-electron chi connectivity index (χ0n) is 7.80. The van der Waals surface area contributed by atoms with Crippen molar-refractivity contribution in [3.63, 3.8) is 0 Å². The van der Waals surface area contributed by atoms with Crippen LogP contribution in [-0.2, 0) is 0 Å². The quantitative estimate of drug-likeness (QED) is 0.755. The third-order valence-electron chi connectivity index (χ3n) is 1.74. The van der Waals surface area contributed by atoms with Crippen molar-refractivity contribution < 1.29 is 0 Å². The lowest BCUT2D eigenvalue weighted by Crippen LogP contribution is -2.16. The summed E-state index contributed by atoms with van der Waals surface area (Å²) >= 11 is 9.51. The van der Waals surface area contributed by atoms with Crippen LogP contribution in [0.25, 0.3) is 0 Å². The fraction of sp³-hybridized carbons (Fsp3) is 0.400. The van der Waals surface area contributed by atoms with Gasteiger partial charge in [0.2, 0.25) is 0 Å². The van der Waals surface area contributed by atoms with Gasteiger partial charge in [-0.1, -0.05) is 39.7 Å². The summed E-state index contributed by atoms with van der Waals surface area (Å²) in [5.74, 6) is 0. The van der Waals surface area contributed by atoms with Crippen LogP contribution in [0.1, 0.15) is 10.4 Å². The zero-order valence-corrected chi connectivity index (χ0v) is 10.1. The number of benzene rings is 1. The van der Waals surface area contributed by atoms with E-state index in [0.29, 0.717) is 4.83 Å². The number of rotatable bonds is 3. The Morgan fingerprint density at radius 3 is 2.69 bits per heavy atom. The summed E-state index contributed by atoms with van der Waals surface area (Å²) in [5, 5.41) is 0.792. The third-order valence-corrected chi connectivity index (χ3v) is 2.79. The highest BCUT2D eigenvalue weighted by molar-refractivity contribution is 9.09. The van der Waals surface area contributed by atoms with E-state index in [1.807, 2.05) is 18.2 Å². The first-order valence-electron chi connectivity index (χ1n) is 4.14. The first kappa shape index (κ1) is 11.0. The maximum atomic E-state index is 5.89. The van der Waals surface area contributed by atoms with Gasteiger partial charge in [-0.15, -0.1) is 0 Å². The minimum atomic E-state index is 0.348. The monoisotopic (exact) mass is 261 g/mol. The molecule has 0 fully saturated rings. The second-order valence-corrected chi connectivity index (χ2v) is 4.83. The Labute approximate surface area is 92.8 Å². The van der Waals surface area contributed by atoms with E-state index in [2.05, 4.69) is 41.0 Å². The largest absolute Gasteiger partial charge is 0.308 e. The molecular weight excluding hydrogens is 249 g/mol. The number of nitrogens with zero attached hydrogens (tertiary/aromatic N) is 1. The van der Waals surface area contributed by atoms with Crippen LogP contribution in [0.4, 0.5) is 0 Å². The lowest BCUT2D eigenvalue weighted by molar-refractivity contribution is 0.412. The number of likely N-dealkylation sites (N-methyl/N-ethyl adjacent to an activating group) is 1. The van der Waals surface area contributed by atoms with Gasteiger partial charge in [0, 0.05) is 11.6 Å². The molecule has 0 radical (unpaired) electrons. The van der Waals surface area contributed by atoms with Crippen molar-refractivity contribution in [2.24, 2.45) is 0 Å². The number of hydrogen-bond acceptors (Lipinski definition) is 1. The Balaban J connectivity index is 2.71. The first-order valence-corrected chi connectivity index (χ1v) is 5.43. The molecule has 13 heavy (non-hydrogen) atoms. The van der Waals surface area contributed by atoms with Gasteiger partial charge in [-0.25, -0.2) is 0 Å². The molecule has 1 unspecified atom stereocenters. The molecule has 0 heterocycles. The van der Waals surface area contributed by atoms with Crippen molar-refractivity contribution in [2.75, 3.05) is 20.6 Å². The molecule has 3 heteroatoms. The molecule has 0 aliphatic heterocycles. The maximum Gasteiger partial charge on any atom is 0.0522 e. The molecule has 1 aromatic carbocycles. The lowest BCUT2D eigenvalue weighted by Gasteiger charge is -2.15. The molecule has 0 saturated carbocycles. The fourth-order valence-corrected chi connectivity index (χ4v) is 2.19. The van der Waals surface area contributed by atoms with Crippen LogP contribution in [0.15, 0.2) is 24.3 Å². The first-order chi connectivity index (χ1) is 6.09. The van der Waals surface area contributed by atoms with E-state index in [1.165, 1.54) is 5.56 Å². The van der Waals surface area contributed by atoms with E-state index in [4.69, 9.17) is 11.6 Å². The predicted molar refractivity (Wildman–Crippen MR) is 61.7 cm³/mol. The van der Waals surface area contributed by atoms with E-state index in [9.17, 15) is 0 Å². The van der Waals surface area contributed by atoms with Gasteiger partial charge in [0.25, 0.3) is 0 Å². The van der Waals surface area contributed by atoms with Crippen molar-refractivity contribution in [3.8, 4) is 0 Å². The van der Waals surface area contributed by atoms with Gasteiger partial charge in [0.05, 0.1) is 4.83 Å². The molecule has 0 bridgehead atoms. The molecule has 72 valence electrons. The molecule has 0 amide bonds. The Bertz CT molecular complexity index is 275. The molecule has 1 atom stereocenters. The molecule has 0 N–H and O–H groups in total. The van der Waals surface area contributed by atoms with E-state index >= 15 is 0 Å². The molecule has 0 saturated heterocycles. The van der Waals surface area contributed by atoms with Crippen molar-refractivity contribution >= 4 is 27.5 Å². The fourth-order valence-electron chi connectivity index (χ4n) is 1.13. The Kier molecular flexibility index (Phi) is 4.23. The van der Waals surface area contributed by atoms with Crippen molar-refractivity contribution in [2.45, 2.75) is 4.83 Å². The summed E-state index contributed by atoms with van der Waals surface area (Å²) in [6.07, 6.45) is 0. The summed E-state index contributed by atoms with van der Waals surface area (Å²) in [7, 11) is 4.11. The van der Waals surface area contributed by atoms with Crippen molar-refractivity contribution in [1.82, 2.24) is 4.90 Å². The normalized spacial score (nSPS) is 13.3. The van der Waals surface area contributed by atoms with Crippen LogP contribution in [0, 0.1) is 0 Å². The third kappa shape index (κ3) is 3.67. The van der Waals surface area contributed by atoms with Crippen LogP contribution >= 0.6 is 27.5 Å². The second-order valence-electron chi connectivity index (χ2n) is 3.28. The molecule has 0 aliphatic carbocycles. The number of hydrogen-bond donors (Lipinski definition) is 0. The van der Waals surface area contributed by atoms with Crippen LogP contribution < -0.4 is 0 Å². The summed E-state index contributed by atoms with van der Waals surface area (Å²) in [5.41, 5.74) is 1.22. The lowest BCUT2D eigenvalue weighted by atomic mass is 10.1. The molecule has 1 aromatic rings. The molecule has 1 nitrogen and oxygen atoms in total. The van der Waals surface area contributed by atoms with Crippen molar-refractivity contribution in [1.29, 1.82) is 0 Å². The summed E-state index contributed by atoms with van der Waals surface area (Å²) in [6.45, 7) is 0.973. The molecule has 0 aliphatic rings.